The Kier molecular flexibility index (Phi) is 5.21. The van der Waals surface area contributed by atoms with Crippen LogP contribution >= 0.6 is 0 Å². The maximum atomic E-state index is 11.8. The molecule has 1 saturated heterocycles. The molecule has 1 rings (SSSR count). The lowest BCUT2D eigenvalue weighted by atomic mass is 10.3. The van der Waals surface area contributed by atoms with Gasteiger partial charge in [0, 0.05) is 26.2 Å². The Morgan fingerprint density at radius 2 is 2.00 bits per heavy atom. The van der Waals surface area contributed by atoms with E-state index < -0.39 is 11.8 Å². The molecule has 0 spiro atoms. The second-order valence-electron chi connectivity index (χ2n) is 3.51. The number of carbonyl (C=O) groups is 2. The number of carbonyl (C=O) groups excluding carboxylic acids is 2. The van der Waals surface area contributed by atoms with Crippen LogP contribution in [0.5, 0.6) is 0 Å². The molecule has 0 saturated carbocycles. The van der Waals surface area contributed by atoms with Gasteiger partial charge in [0.1, 0.15) is 0 Å². The molecule has 0 aromatic heterocycles. The molecule has 1 N–H and O–H groups in total. The van der Waals surface area contributed by atoms with Crippen LogP contribution in [-0.2, 0) is 14.3 Å². The van der Waals surface area contributed by atoms with E-state index >= 15 is 0 Å². The van der Waals surface area contributed by atoms with E-state index in [1.165, 1.54) is 9.80 Å². The summed E-state index contributed by atoms with van der Waals surface area (Å²) < 4.78 is 5.11. The van der Waals surface area contributed by atoms with Crippen LogP contribution in [0.4, 0.5) is 0 Å². The summed E-state index contributed by atoms with van der Waals surface area (Å²) in [5, 5.41) is 8.77. The number of rotatable bonds is 3. The Bertz CT molecular complexity index is 236. The first-order valence-corrected chi connectivity index (χ1v) is 5.47. The maximum absolute atomic E-state index is 11.8. The van der Waals surface area contributed by atoms with Crippen LogP contribution in [0.15, 0.2) is 0 Å². The average molecular weight is 230 g/mol. The van der Waals surface area contributed by atoms with E-state index in [9.17, 15) is 9.59 Å². The van der Waals surface area contributed by atoms with Crippen molar-refractivity contribution in [1.29, 1.82) is 0 Å². The zero-order valence-corrected chi connectivity index (χ0v) is 9.52. The molecule has 1 aliphatic heterocycles. The van der Waals surface area contributed by atoms with E-state index in [0.717, 1.165) is 0 Å². The van der Waals surface area contributed by atoms with Gasteiger partial charge in [0.15, 0.2) is 0 Å². The highest BCUT2D eigenvalue weighted by atomic mass is 16.5. The third kappa shape index (κ3) is 3.18. The molecule has 0 atom stereocenters. The van der Waals surface area contributed by atoms with E-state index in [1.54, 1.807) is 6.92 Å². The molecule has 6 nitrogen and oxygen atoms in total. The van der Waals surface area contributed by atoms with E-state index in [-0.39, 0.29) is 13.2 Å². The topological polar surface area (TPSA) is 70.1 Å². The number of aliphatic hydroxyl groups excluding tert-OH is 1. The summed E-state index contributed by atoms with van der Waals surface area (Å²) in [6, 6.07) is 0. The lowest BCUT2D eigenvalue weighted by Crippen LogP contribution is -2.49. The highest BCUT2D eigenvalue weighted by Gasteiger charge is 2.26. The zero-order valence-electron chi connectivity index (χ0n) is 9.52. The fourth-order valence-corrected chi connectivity index (χ4v) is 1.56. The molecule has 0 aromatic carbocycles. The van der Waals surface area contributed by atoms with Gasteiger partial charge in [0.25, 0.3) is 0 Å². The number of hydrogen-bond donors (Lipinski definition) is 1. The van der Waals surface area contributed by atoms with Gasteiger partial charge in [-0.15, -0.1) is 0 Å². The first-order valence-electron chi connectivity index (χ1n) is 5.47. The Morgan fingerprint density at radius 3 is 2.50 bits per heavy atom. The van der Waals surface area contributed by atoms with Gasteiger partial charge < -0.3 is 19.6 Å². The second kappa shape index (κ2) is 6.44. The SMILES string of the molecule is CCN(CCO)C(=O)C(=O)N1CCOCC1. The summed E-state index contributed by atoms with van der Waals surface area (Å²) in [6.07, 6.45) is 0. The van der Waals surface area contributed by atoms with Gasteiger partial charge in [-0.05, 0) is 6.92 Å². The Morgan fingerprint density at radius 1 is 1.38 bits per heavy atom. The van der Waals surface area contributed by atoms with Crippen molar-refractivity contribution in [2.24, 2.45) is 0 Å². The van der Waals surface area contributed by atoms with E-state index in [1.807, 2.05) is 0 Å². The number of morpholine rings is 1. The van der Waals surface area contributed by atoms with Crippen LogP contribution in [0.3, 0.4) is 0 Å². The van der Waals surface area contributed by atoms with Gasteiger partial charge >= 0.3 is 11.8 Å². The lowest BCUT2D eigenvalue weighted by Gasteiger charge is -2.28. The van der Waals surface area contributed by atoms with Crippen molar-refractivity contribution in [2.75, 3.05) is 46.0 Å². The molecule has 2 amide bonds. The summed E-state index contributed by atoms with van der Waals surface area (Å²) in [7, 11) is 0. The first kappa shape index (κ1) is 12.9. The van der Waals surface area contributed by atoms with Crippen LogP contribution < -0.4 is 0 Å². The highest BCUT2D eigenvalue weighted by Crippen LogP contribution is 2.00. The highest BCUT2D eigenvalue weighted by molar-refractivity contribution is 6.34. The van der Waals surface area contributed by atoms with Crippen LogP contribution in [0.25, 0.3) is 0 Å². The molecular weight excluding hydrogens is 212 g/mol. The fourth-order valence-electron chi connectivity index (χ4n) is 1.56. The van der Waals surface area contributed by atoms with Crippen LogP contribution in [-0.4, -0.2) is 72.7 Å². The Balaban J connectivity index is 2.53. The van der Waals surface area contributed by atoms with Crippen molar-refractivity contribution in [3.8, 4) is 0 Å². The molecule has 0 bridgehead atoms. The van der Waals surface area contributed by atoms with Crippen LogP contribution in [0, 0.1) is 0 Å². The molecule has 0 aromatic rings. The average Bonchev–Trinajstić information content (AvgIpc) is 2.35. The lowest BCUT2D eigenvalue weighted by molar-refractivity contribution is -0.154. The van der Waals surface area contributed by atoms with Crippen molar-refractivity contribution in [3.05, 3.63) is 0 Å². The van der Waals surface area contributed by atoms with Crippen molar-refractivity contribution in [3.63, 3.8) is 0 Å². The van der Waals surface area contributed by atoms with E-state index in [4.69, 9.17) is 9.84 Å². The summed E-state index contributed by atoms with van der Waals surface area (Å²) >= 11 is 0. The normalized spacial score (nSPS) is 16.0. The molecule has 6 heteroatoms. The summed E-state index contributed by atoms with van der Waals surface area (Å²) in [4.78, 5) is 26.4. The van der Waals surface area contributed by atoms with Gasteiger partial charge in [0.2, 0.25) is 0 Å². The summed E-state index contributed by atoms with van der Waals surface area (Å²) in [6.45, 7) is 4.15. The number of hydrogen-bond acceptors (Lipinski definition) is 4. The van der Waals surface area contributed by atoms with Gasteiger partial charge in [-0.3, -0.25) is 9.59 Å². The van der Waals surface area contributed by atoms with E-state index in [2.05, 4.69) is 0 Å². The number of amides is 2. The largest absolute Gasteiger partial charge is 0.395 e. The molecule has 92 valence electrons. The second-order valence-corrected chi connectivity index (χ2v) is 3.51. The third-order valence-electron chi connectivity index (χ3n) is 2.52. The Hall–Kier alpha value is -1.14. The minimum Gasteiger partial charge on any atom is -0.395 e. The predicted molar refractivity (Wildman–Crippen MR) is 56.7 cm³/mol. The predicted octanol–water partition coefficient (Wildman–Crippen LogP) is -1.31. The van der Waals surface area contributed by atoms with Gasteiger partial charge in [-0.25, -0.2) is 0 Å². The number of ether oxygens (including phenoxy) is 1. The standard InChI is InChI=1S/C10H18N2O4/c1-2-11(3-6-13)9(14)10(15)12-4-7-16-8-5-12/h13H,2-8H2,1H3. The number of likely N-dealkylation sites (N-methyl/N-ethyl adjacent to an activating group) is 1. The molecule has 1 aliphatic rings. The Labute approximate surface area is 94.8 Å². The molecule has 1 heterocycles. The van der Waals surface area contributed by atoms with Crippen molar-refractivity contribution < 1.29 is 19.4 Å². The minimum absolute atomic E-state index is 0.129. The minimum atomic E-state index is -0.543. The number of nitrogens with zero attached hydrogens (tertiary/aromatic N) is 2. The molecule has 0 radical (unpaired) electrons. The maximum Gasteiger partial charge on any atom is 0.312 e. The van der Waals surface area contributed by atoms with Crippen molar-refractivity contribution >= 4 is 11.8 Å². The van der Waals surface area contributed by atoms with Gasteiger partial charge in [0.05, 0.1) is 19.8 Å². The quantitative estimate of drug-likeness (QED) is 0.611. The van der Waals surface area contributed by atoms with Crippen LogP contribution in [0.2, 0.25) is 0 Å². The summed E-state index contributed by atoms with van der Waals surface area (Å²) in [5.41, 5.74) is 0. The fraction of sp³-hybridized carbons (Fsp3) is 0.800. The zero-order chi connectivity index (χ0) is 12.0. The molecule has 16 heavy (non-hydrogen) atoms. The number of aliphatic hydroxyl groups is 1. The van der Waals surface area contributed by atoms with Gasteiger partial charge in [-0.2, -0.15) is 0 Å². The van der Waals surface area contributed by atoms with E-state index in [0.29, 0.717) is 32.8 Å². The third-order valence-corrected chi connectivity index (χ3v) is 2.52. The molecule has 0 aliphatic carbocycles. The molecular formula is C10H18N2O4. The van der Waals surface area contributed by atoms with Gasteiger partial charge in [-0.1, -0.05) is 0 Å². The van der Waals surface area contributed by atoms with Crippen molar-refractivity contribution in [2.45, 2.75) is 6.92 Å². The monoisotopic (exact) mass is 230 g/mol. The smallest absolute Gasteiger partial charge is 0.312 e. The van der Waals surface area contributed by atoms with Crippen LogP contribution in [0.1, 0.15) is 6.92 Å². The molecule has 0 unspecified atom stereocenters. The molecule has 1 fully saturated rings. The first-order chi connectivity index (χ1) is 7.70. The van der Waals surface area contributed by atoms with Crippen molar-refractivity contribution in [1.82, 2.24) is 9.80 Å². The summed E-state index contributed by atoms with van der Waals surface area (Å²) in [5.74, 6) is -1.04.